The Hall–Kier alpha value is -1.96. The van der Waals surface area contributed by atoms with Gasteiger partial charge in [0.15, 0.2) is 0 Å². The number of halogens is 1. The van der Waals surface area contributed by atoms with Crippen molar-refractivity contribution >= 4 is 17.5 Å². The van der Waals surface area contributed by atoms with Crippen LogP contribution in [0.4, 0.5) is 0 Å². The van der Waals surface area contributed by atoms with Crippen LogP contribution in [0.3, 0.4) is 0 Å². The van der Waals surface area contributed by atoms with Gasteiger partial charge in [-0.15, -0.1) is 10.2 Å². The monoisotopic (exact) mass is 406 g/mol. The minimum Gasteiger partial charge on any atom is -0.419 e. The van der Waals surface area contributed by atoms with Gasteiger partial charge < -0.3 is 14.5 Å². The van der Waals surface area contributed by atoms with E-state index in [1.54, 1.807) is 13.2 Å². The third-order valence-corrected chi connectivity index (χ3v) is 5.38. The third-order valence-electron chi connectivity index (χ3n) is 5.14. The maximum atomic E-state index is 12.3. The van der Waals surface area contributed by atoms with E-state index in [4.69, 9.17) is 20.8 Å². The Morgan fingerprint density at radius 3 is 2.89 bits per heavy atom. The van der Waals surface area contributed by atoms with Gasteiger partial charge in [0.05, 0.1) is 6.04 Å². The Labute approximate surface area is 170 Å². The molecule has 0 bridgehead atoms. The van der Waals surface area contributed by atoms with Crippen molar-refractivity contribution in [2.45, 2.75) is 32.2 Å². The highest BCUT2D eigenvalue weighted by Crippen LogP contribution is 2.28. The molecule has 0 aliphatic carbocycles. The number of rotatable bonds is 8. The minimum atomic E-state index is 0.00569. The Bertz CT molecular complexity index is 774. The Kier molecular flexibility index (Phi) is 7.42. The van der Waals surface area contributed by atoms with Crippen molar-refractivity contribution in [1.82, 2.24) is 20.4 Å². The largest absolute Gasteiger partial charge is 0.419 e. The third kappa shape index (κ3) is 5.31. The van der Waals surface area contributed by atoms with Crippen molar-refractivity contribution < 1.29 is 13.9 Å². The van der Waals surface area contributed by atoms with Gasteiger partial charge in [-0.2, -0.15) is 0 Å². The molecular weight excluding hydrogens is 380 g/mol. The van der Waals surface area contributed by atoms with Crippen LogP contribution >= 0.6 is 11.6 Å². The van der Waals surface area contributed by atoms with Gasteiger partial charge in [-0.1, -0.05) is 17.7 Å². The number of piperidine rings is 1. The maximum Gasteiger partial charge on any atom is 0.247 e. The van der Waals surface area contributed by atoms with Crippen LogP contribution in [0.2, 0.25) is 5.02 Å². The molecule has 0 radical (unpaired) electrons. The summed E-state index contributed by atoms with van der Waals surface area (Å²) in [5.74, 6) is 1.26. The summed E-state index contributed by atoms with van der Waals surface area (Å²) in [6, 6.07) is 7.37. The van der Waals surface area contributed by atoms with Crippen molar-refractivity contribution in [3.8, 4) is 11.5 Å². The number of likely N-dealkylation sites (tertiary alicyclic amines) is 1. The van der Waals surface area contributed by atoms with Crippen molar-refractivity contribution in [1.29, 1.82) is 0 Å². The zero-order chi connectivity index (χ0) is 19.9. The lowest BCUT2D eigenvalue weighted by Gasteiger charge is -2.34. The second-order valence-electron chi connectivity index (χ2n) is 7.08. The van der Waals surface area contributed by atoms with Gasteiger partial charge in [0.2, 0.25) is 17.7 Å². The molecule has 0 spiro atoms. The molecule has 1 atom stereocenters. The van der Waals surface area contributed by atoms with Crippen LogP contribution in [0.25, 0.3) is 11.5 Å². The summed E-state index contributed by atoms with van der Waals surface area (Å²) in [5, 5.41) is 12.0. The number of nitrogens with zero attached hydrogens (tertiary/aromatic N) is 3. The molecule has 2 heterocycles. The molecule has 1 aliphatic rings. The Morgan fingerprint density at radius 1 is 1.39 bits per heavy atom. The number of ether oxygens (including phenoxy) is 1. The van der Waals surface area contributed by atoms with Crippen molar-refractivity contribution in [2.75, 3.05) is 33.4 Å². The normalized spacial score (nSPS) is 16.8. The van der Waals surface area contributed by atoms with E-state index in [0.717, 1.165) is 37.9 Å². The maximum absolute atomic E-state index is 12.3. The molecule has 1 amide bonds. The number of nitrogens with one attached hydrogen (secondary N) is 1. The van der Waals surface area contributed by atoms with Crippen molar-refractivity contribution in [2.24, 2.45) is 5.92 Å². The van der Waals surface area contributed by atoms with Crippen LogP contribution in [0.1, 0.15) is 38.1 Å². The average molecular weight is 407 g/mol. The lowest BCUT2D eigenvalue weighted by atomic mass is 9.95. The molecule has 3 rings (SSSR count). The molecule has 8 heteroatoms. The van der Waals surface area contributed by atoms with Gasteiger partial charge in [-0.25, -0.2) is 0 Å². The highest BCUT2D eigenvalue weighted by Gasteiger charge is 2.29. The average Bonchev–Trinajstić information content (AvgIpc) is 3.21. The molecule has 1 unspecified atom stereocenters. The first-order chi connectivity index (χ1) is 13.6. The Balaban J connectivity index is 1.51. The van der Waals surface area contributed by atoms with E-state index in [-0.39, 0.29) is 17.9 Å². The fraction of sp³-hybridized carbons (Fsp3) is 0.550. The van der Waals surface area contributed by atoms with Gasteiger partial charge in [-0.05, 0) is 57.5 Å². The summed E-state index contributed by atoms with van der Waals surface area (Å²) in [5.41, 5.74) is 0.808. The first-order valence-electron chi connectivity index (χ1n) is 9.68. The van der Waals surface area contributed by atoms with Crippen LogP contribution in [0.5, 0.6) is 0 Å². The van der Waals surface area contributed by atoms with Crippen LogP contribution in [-0.2, 0) is 9.53 Å². The predicted molar refractivity (Wildman–Crippen MR) is 107 cm³/mol. The van der Waals surface area contributed by atoms with Crippen LogP contribution in [-0.4, -0.2) is 54.4 Å². The van der Waals surface area contributed by atoms with Crippen molar-refractivity contribution in [3.05, 3.63) is 35.2 Å². The summed E-state index contributed by atoms with van der Waals surface area (Å²) >= 11 is 6.04. The van der Waals surface area contributed by atoms with Gasteiger partial charge in [0.25, 0.3) is 0 Å². The van der Waals surface area contributed by atoms with Crippen LogP contribution in [0, 0.1) is 5.92 Å². The van der Waals surface area contributed by atoms with E-state index in [9.17, 15) is 4.79 Å². The molecule has 1 saturated heterocycles. The number of methoxy groups -OCH3 is 1. The molecule has 28 heavy (non-hydrogen) atoms. The van der Waals surface area contributed by atoms with E-state index >= 15 is 0 Å². The van der Waals surface area contributed by atoms with Crippen LogP contribution < -0.4 is 5.32 Å². The minimum absolute atomic E-state index is 0.00569. The summed E-state index contributed by atoms with van der Waals surface area (Å²) in [7, 11) is 1.67. The molecular formula is C20H27ClN4O3. The van der Waals surface area contributed by atoms with E-state index in [1.807, 2.05) is 18.2 Å². The molecule has 1 aliphatic heterocycles. The summed E-state index contributed by atoms with van der Waals surface area (Å²) in [4.78, 5) is 14.6. The lowest BCUT2D eigenvalue weighted by molar-refractivity contribution is -0.126. The molecule has 1 aromatic heterocycles. The van der Waals surface area contributed by atoms with Gasteiger partial charge >= 0.3 is 0 Å². The molecule has 7 nitrogen and oxygen atoms in total. The predicted octanol–water partition coefficient (Wildman–Crippen LogP) is 3.32. The molecule has 2 aromatic rings. The topological polar surface area (TPSA) is 80.5 Å². The number of benzene rings is 1. The highest BCUT2D eigenvalue weighted by atomic mass is 35.5. The summed E-state index contributed by atoms with van der Waals surface area (Å²) in [6.07, 6.45) is 2.50. The van der Waals surface area contributed by atoms with E-state index < -0.39 is 0 Å². The number of hydrogen-bond donors (Lipinski definition) is 1. The van der Waals surface area contributed by atoms with E-state index in [1.165, 1.54) is 0 Å². The second-order valence-corrected chi connectivity index (χ2v) is 7.52. The molecule has 1 N–H and O–H groups in total. The van der Waals surface area contributed by atoms with E-state index in [2.05, 4.69) is 27.3 Å². The molecule has 1 fully saturated rings. The van der Waals surface area contributed by atoms with Gasteiger partial charge in [0, 0.05) is 36.8 Å². The van der Waals surface area contributed by atoms with Gasteiger partial charge in [-0.3, -0.25) is 9.69 Å². The smallest absolute Gasteiger partial charge is 0.247 e. The fourth-order valence-corrected chi connectivity index (χ4v) is 3.61. The number of hydrogen-bond acceptors (Lipinski definition) is 6. The summed E-state index contributed by atoms with van der Waals surface area (Å²) in [6.45, 7) is 5.04. The number of aromatic nitrogens is 2. The van der Waals surface area contributed by atoms with Crippen LogP contribution in [0.15, 0.2) is 28.7 Å². The Morgan fingerprint density at radius 2 is 2.18 bits per heavy atom. The molecule has 0 saturated carbocycles. The first-order valence-corrected chi connectivity index (χ1v) is 10.1. The SMILES string of the molecule is COCCCNC(=O)C1CCN(C(C)c2nnc(-c3cccc(Cl)c3)o2)CC1. The lowest BCUT2D eigenvalue weighted by Crippen LogP contribution is -2.41. The van der Waals surface area contributed by atoms with E-state index in [0.29, 0.717) is 30.0 Å². The number of carbonyl (C=O) groups is 1. The van der Waals surface area contributed by atoms with Crippen molar-refractivity contribution in [3.63, 3.8) is 0 Å². The fourth-order valence-electron chi connectivity index (χ4n) is 3.42. The number of carbonyl (C=O) groups excluding carboxylic acids is 1. The molecule has 1 aromatic carbocycles. The highest BCUT2D eigenvalue weighted by molar-refractivity contribution is 6.30. The standard InChI is InChI=1S/C20H27ClN4O3/c1-14(19-23-24-20(28-19)16-5-3-6-17(21)13-16)25-10-7-15(8-11-25)18(26)22-9-4-12-27-2/h3,5-6,13-15H,4,7-12H2,1-2H3,(H,22,26). The number of amides is 1. The second kappa shape index (κ2) is 10.0. The summed E-state index contributed by atoms with van der Waals surface area (Å²) < 4.78 is 10.9. The zero-order valence-corrected chi connectivity index (χ0v) is 17.1. The molecule has 152 valence electrons. The zero-order valence-electron chi connectivity index (χ0n) is 16.4. The van der Waals surface area contributed by atoms with Gasteiger partial charge in [0.1, 0.15) is 0 Å². The first kappa shape index (κ1) is 20.8. The quantitative estimate of drug-likeness (QED) is 0.677.